The zero-order chi connectivity index (χ0) is 23.2. The van der Waals surface area contributed by atoms with Crippen LogP contribution in [0.5, 0.6) is 5.75 Å². The van der Waals surface area contributed by atoms with Crippen LogP contribution in [0.1, 0.15) is 25.0 Å². The molecule has 0 radical (unpaired) electrons. The number of hydrogen-bond acceptors (Lipinski definition) is 3. The highest BCUT2D eigenvalue weighted by Crippen LogP contribution is 2.55. The lowest BCUT2D eigenvalue weighted by atomic mass is 9.77. The minimum absolute atomic E-state index is 0.317. The SMILES string of the molecule is Cc1cc2c(c3ccccc13)N=CC1(O2)N(C)c2cc3ccc4ccccc4c3cc2C1(C)C. The molecule has 0 aromatic heterocycles. The summed E-state index contributed by atoms with van der Waals surface area (Å²) in [6, 6.07) is 28.3. The Labute approximate surface area is 199 Å². The molecule has 1 unspecified atom stereocenters. The summed E-state index contributed by atoms with van der Waals surface area (Å²) in [5.74, 6) is 0.849. The highest BCUT2D eigenvalue weighted by Gasteiger charge is 2.58. The number of aliphatic imine (C=N–C) groups is 1. The Morgan fingerprint density at radius 2 is 1.47 bits per heavy atom. The van der Waals surface area contributed by atoms with E-state index in [2.05, 4.69) is 112 Å². The van der Waals surface area contributed by atoms with Crippen LogP contribution in [0.3, 0.4) is 0 Å². The molecule has 2 aliphatic heterocycles. The van der Waals surface area contributed by atoms with E-state index >= 15 is 0 Å². The molecule has 0 saturated carbocycles. The molecule has 0 bridgehead atoms. The fourth-order valence-electron chi connectivity index (χ4n) is 6.12. The third kappa shape index (κ3) is 2.29. The first-order valence-electron chi connectivity index (χ1n) is 11.9. The summed E-state index contributed by atoms with van der Waals surface area (Å²) in [6.07, 6.45) is 2.03. The molecule has 0 N–H and O–H groups in total. The van der Waals surface area contributed by atoms with E-state index < -0.39 is 5.72 Å². The molecule has 0 aliphatic carbocycles. The van der Waals surface area contributed by atoms with Gasteiger partial charge < -0.3 is 9.64 Å². The van der Waals surface area contributed by atoms with Crippen LogP contribution >= 0.6 is 0 Å². The van der Waals surface area contributed by atoms with E-state index in [4.69, 9.17) is 9.73 Å². The number of ether oxygens (including phenoxy) is 1. The standard InChI is InChI=1S/C31H26N2O/c1-19-15-28-29(24-12-8-7-10-22(19)24)32-18-31(34-28)30(2,3)26-17-25-21(16-27(26)33(31)4)14-13-20-9-5-6-11-23(20)25/h5-18H,1-4H3. The van der Waals surface area contributed by atoms with Gasteiger partial charge in [-0.2, -0.15) is 0 Å². The van der Waals surface area contributed by atoms with Crippen molar-refractivity contribution in [2.75, 3.05) is 11.9 Å². The minimum Gasteiger partial charge on any atom is -0.459 e. The first-order chi connectivity index (χ1) is 16.4. The fourth-order valence-corrected chi connectivity index (χ4v) is 6.12. The number of nitrogens with zero attached hydrogens (tertiary/aromatic N) is 2. The van der Waals surface area contributed by atoms with Crippen molar-refractivity contribution in [3.05, 3.63) is 90.0 Å². The third-order valence-corrected chi connectivity index (χ3v) is 8.11. The van der Waals surface area contributed by atoms with Gasteiger partial charge in [-0.25, -0.2) is 0 Å². The van der Waals surface area contributed by atoms with Crippen molar-refractivity contribution >= 4 is 49.9 Å². The van der Waals surface area contributed by atoms with Gasteiger partial charge in [-0.1, -0.05) is 60.7 Å². The lowest BCUT2D eigenvalue weighted by molar-refractivity contribution is 0.0826. The molecule has 0 saturated heterocycles. The molecule has 2 aliphatic rings. The van der Waals surface area contributed by atoms with Crippen LogP contribution in [0.15, 0.2) is 83.9 Å². The molecule has 3 heteroatoms. The van der Waals surface area contributed by atoms with E-state index in [1.54, 1.807) is 0 Å². The Balaban J connectivity index is 1.46. The smallest absolute Gasteiger partial charge is 0.228 e. The number of rotatable bonds is 0. The average molecular weight is 443 g/mol. The summed E-state index contributed by atoms with van der Waals surface area (Å²) in [7, 11) is 2.13. The van der Waals surface area contributed by atoms with Crippen molar-refractivity contribution in [1.29, 1.82) is 0 Å². The van der Waals surface area contributed by atoms with Crippen molar-refractivity contribution in [3.8, 4) is 5.75 Å². The van der Waals surface area contributed by atoms with Crippen LogP contribution in [0.2, 0.25) is 0 Å². The Bertz CT molecular complexity index is 1700. The van der Waals surface area contributed by atoms with E-state index in [-0.39, 0.29) is 5.41 Å². The minimum atomic E-state index is -0.704. The van der Waals surface area contributed by atoms with E-state index in [1.807, 2.05) is 6.21 Å². The van der Waals surface area contributed by atoms with Crippen LogP contribution in [0.4, 0.5) is 11.4 Å². The highest BCUT2D eigenvalue weighted by molar-refractivity contribution is 6.10. The van der Waals surface area contributed by atoms with Crippen molar-refractivity contribution in [3.63, 3.8) is 0 Å². The van der Waals surface area contributed by atoms with Crippen LogP contribution in [-0.4, -0.2) is 19.0 Å². The maximum atomic E-state index is 6.97. The number of anilines is 1. The van der Waals surface area contributed by atoms with Gasteiger partial charge >= 0.3 is 0 Å². The summed E-state index contributed by atoms with van der Waals surface area (Å²) in [5, 5.41) is 7.43. The highest BCUT2D eigenvalue weighted by atomic mass is 16.5. The number of hydrogen-bond donors (Lipinski definition) is 0. The lowest BCUT2D eigenvalue weighted by Crippen LogP contribution is -2.61. The molecule has 166 valence electrons. The Morgan fingerprint density at radius 1 is 0.765 bits per heavy atom. The van der Waals surface area contributed by atoms with Gasteiger partial charge in [-0.05, 0) is 77.0 Å². The van der Waals surface area contributed by atoms with Crippen LogP contribution in [-0.2, 0) is 5.41 Å². The summed E-state index contributed by atoms with van der Waals surface area (Å²) in [5.41, 5.74) is 3.58. The van der Waals surface area contributed by atoms with Gasteiger partial charge in [0, 0.05) is 18.1 Å². The topological polar surface area (TPSA) is 24.8 Å². The van der Waals surface area contributed by atoms with Gasteiger partial charge in [0.25, 0.3) is 0 Å². The quantitative estimate of drug-likeness (QED) is 0.230. The Hall–Kier alpha value is -3.85. The normalized spacial score (nSPS) is 20.2. The second-order valence-corrected chi connectivity index (χ2v) is 10.2. The van der Waals surface area contributed by atoms with Gasteiger partial charge in [0.1, 0.15) is 11.4 Å². The molecule has 5 aromatic carbocycles. The monoisotopic (exact) mass is 442 g/mol. The lowest BCUT2D eigenvalue weighted by Gasteiger charge is -2.45. The molecule has 34 heavy (non-hydrogen) atoms. The van der Waals surface area contributed by atoms with Crippen LogP contribution in [0, 0.1) is 6.92 Å². The Morgan fingerprint density at radius 3 is 2.29 bits per heavy atom. The molecule has 1 spiro atoms. The molecular weight excluding hydrogens is 416 g/mol. The summed E-state index contributed by atoms with van der Waals surface area (Å²) < 4.78 is 6.97. The van der Waals surface area contributed by atoms with Crippen molar-refractivity contribution in [2.45, 2.75) is 31.9 Å². The van der Waals surface area contributed by atoms with E-state index in [0.717, 1.165) is 16.8 Å². The molecule has 5 aromatic rings. The first kappa shape index (κ1) is 19.6. The van der Waals surface area contributed by atoms with E-state index in [9.17, 15) is 0 Å². The van der Waals surface area contributed by atoms with Crippen molar-refractivity contribution in [1.82, 2.24) is 0 Å². The summed E-state index contributed by atoms with van der Waals surface area (Å²) in [6.45, 7) is 6.70. The van der Waals surface area contributed by atoms with Crippen LogP contribution < -0.4 is 9.64 Å². The van der Waals surface area contributed by atoms with Crippen molar-refractivity contribution in [2.24, 2.45) is 4.99 Å². The molecular formula is C31H26N2O. The number of aryl methyl sites for hydroxylation is 1. The molecule has 3 nitrogen and oxygen atoms in total. The van der Waals surface area contributed by atoms with Crippen molar-refractivity contribution < 1.29 is 4.74 Å². The average Bonchev–Trinajstić information content (AvgIpc) is 3.00. The second-order valence-electron chi connectivity index (χ2n) is 10.2. The zero-order valence-electron chi connectivity index (χ0n) is 19.9. The molecule has 1 atom stereocenters. The van der Waals surface area contributed by atoms with Gasteiger partial charge in [0.2, 0.25) is 5.72 Å². The number of benzene rings is 5. The van der Waals surface area contributed by atoms with E-state index in [0.29, 0.717) is 0 Å². The maximum absolute atomic E-state index is 6.97. The third-order valence-electron chi connectivity index (χ3n) is 8.11. The largest absolute Gasteiger partial charge is 0.459 e. The van der Waals surface area contributed by atoms with Gasteiger partial charge in [-0.15, -0.1) is 0 Å². The maximum Gasteiger partial charge on any atom is 0.228 e. The summed E-state index contributed by atoms with van der Waals surface area (Å²) in [4.78, 5) is 7.33. The van der Waals surface area contributed by atoms with E-state index in [1.165, 1.54) is 43.7 Å². The Kier molecular flexibility index (Phi) is 3.68. The predicted octanol–water partition coefficient (Wildman–Crippen LogP) is 7.67. The second kappa shape index (κ2) is 6.38. The fraction of sp³-hybridized carbons (Fsp3) is 0.194. The summed E-state index contributed by atoms with van der Waals surface area (Å²) >= 11 is 0. The zero-order valence-corrected chi connectivity index (χ0v) is 19.9. The van der Waals surface area contributed by atoms with Gasteiger partial charge in [0.15, 0.2) is 0 Å². The number of fused-ring (bicyclic) bond motifs is 7. The van der Waals surface area contributed by atoms with Gasteiger partial charge in [-0.3, -0.25) is 4.99 Å². The predicted molar refractivity (Wildman–Crippen MR) is 143 cm³/mol. The molecule has 0 fully saturated rings. The molecule has 0 amide bonds. The molecule has 7 rings (SSSR count). The number of likely N-dealkylation sites (N-methyl/N-ethyl adjacent to an activating group) is 1. The van der Waals surface area contributed by atoms with Crippen LogP contribution in [0.25, 0.3) is 32.3 Å². The molecule has 2 heterocycles. The van der Waals surface area contributed by atoms with Gasteiger partial charge in [0.05, 0.1) is 11.6 Å². The first-order valence-corrected chi connectivity index (χ1v) is 11.9.